The Balaban J connectivity index is 2.26. The van der Waals surface area contributed by atoms with Crippen LogP contribution in [0.25, 0.3) is 0 Å². The van der Waals surface area contributed by atoms with E-state index in [2.05, 4.69) is 37.6 Å². The molecule has 0 bridgehead atoms. The first kappa shape index (κ1) is 15.7. The maximum Gasteiger partial charge on any atom is 0.0672 e. The first-order valence-corrected chi connectivity index (χ1v) is 7.18. The van der Waals surface area contributed by atoms with Crippen molar-refractivity contribution in [3.63, 3.8) is 0 Å². The van der Waals surface area contributed by atoms with Gasteiger partial charge in [0.2, 0.25) is 0 Å². The maximum atomic E-state index is 5.60. The van der Waals surface area contributed by atoms with Crippen molar-refractivity contribution in [1.82, 2.24) is 10.2 Å². The van der Waals surface area contributed by atoms with Crippen LogP contribution in [0.4, 0.5) is 0 Å². The van der Waals surface area contributed by atoms with Gasteiger partial charge in [0.25, 0.3) is 0 Å². The van der Waals surface area contributed by atoms with Crippen LogP contribution in [0, 0.1) is 5.92 Å². The summed E-state index contributed by atoms with van der Waals surface area (Å²) < 4.78 is 5.60. The Hall–Kier alpha value is -0.380. The Kier molecular flexibility index (Phi) is 6.90. The highest BCUT2D eigenvalue weighted by Gasteiger charge is 2.24. The van der Waals surface area contributed by atoms with E-state index < -0.39 is 0 Å². The number of ether oxygens (including phenoxy) is 1. The monoisotopic (exact) mass is 254 g/mol. The first-order chi connectivity index (χ1) is 8.49. The van der Waals surface area contributed by atoms with E-state index in [0.29, 0.717) is 18.7 Å². The van der Waals surface area contributed by atoms with Gasteiger partial charge in [-0.3, -0.25) is 4.90 Å². The van der Waals surface area contributed by atoms with Crippen molar-refractivity contribution in [2.45, 2.75) is 46.2 Å². The van der Waals surface area contributed by atoms with Gasteiger partial charge in [0.1, 0.15) is 0 Å². The molecular weight excluding hydrogens is 224 g/mol. The fourth-order valence-corrected chi connectivity index (χ4v) is 2.46. The Morgan fingerprint density at radius 1 is 1.50 bits per heavy atom. The molecule has 1 saturated heterocycles. The quantitative estimate of drug-likeness (QED) is 0.557. The molecule has 1 rings (SSSR count). The molecular formula is C15H30N2O. The summed E-state index contributed by atoms with van der Waals surface area (Å²) in [4.78, 5) is 2.54. The van der Waals surface area contributed by atoms with E-state index in [1.54, 1.807) is 0 Å². The van der Waals surface area contributed by atoms with Gasteiger partial charge in [0, 0.05) is 31.7 Å². The number of hydrogen-bond donors (Lipinski definition) is 1. The second-order valence-electron chi connectivity index (χ2n) is 6.09. The zero-order valence-corrected chi connectivity index (χ0v) is 12.5. The van der Waals surface area contributed by atoms with Crippen LogP contribution in [0.1, 0.15) is 34.1 Å². The summed E-state index contributed by atoms with van der Waals surface area (Å²) in [5.41, 5.74) is 1.10. The van der Waals surface area contributed by atoms with Gasteiger partial charge in [-0.15, -0.1) is 0 Å². The summed E-state index contributed by atoms with van der Waals surface area (Å²) in [6.45, 7) is 17.5. The zero-order valence-electron chi connectivity index (χ0n) is 12.5. The predicted octanol–water partition coefficient (Wildman–Crippen LogP) is 2.29. The Morgan fingerprint density at radius 3 is 2.83 bits per heavy atom. The molecule has 106 valence electrons. The third kappa shape index (κ3) is 5.98. The Bertz CT molecular complexity index is 253. The van der Waals surface area contributed by atoms with E-state index in [1.807, 2.05) is 6.92 Å². The number of nitrogens with zero attached hydrogens (tertiary/aromatic N) is 1. The van der Waals surface area contributed by atoms with Crippen LogP contribution < -0.4 is 5.32 Å². The van der Waals surface area contributed by atoms with Crippen molar-refractivity contribution in [1.29, 1.82) is 0 Å². The Labute approximate surface area is 113 Å². The maximum absolute atomic E-state index is 5.60. The second-order valence-corrected chi connectivity index (χ2v) is 6.09. The highest BCUT2D eigenvalue weighted by molar-refractivity contribution is 4.88. The van der Waals surface area contributed by atoms with Crippen molar-refractivity contribution >= 4 is 0 Å². The van der Waals surface area contributed by atoms with Gasteiger partial charge in [-0.1, -0.05) is 26.0 Å². The lowest BCUT2D eigenvalue weighted by atomic mass is 10.0. The minimum atomic E-state index is 0.613. The smallest absolute Gasteiger partial charge is 0.0672 e. The van der Waals surface area contributed by atoms with Crippen LogP contribution in [-0.4, -0.2) is 49.8 Å². The van der Waals surface area contributed by atoms with Crippen LogP contribution in [-0.2, 0) is 4.74 Å². The number of nitrogens with one attached hydrogen (secondary N) is 1. The van der Waals surface area contributed by atoms with Crippen molar-refractivity contribution in [3.05, 3.63) is 12.2 Å². The first-order valence-electron chi connectivity index (χ1n) is 7.18. The summed E-state index contributed by atoms with van der Waals surface area (Å²) in [6.07, 6.45) is 1.26. The summed E-state index contributed by atoms with van der Waals surface area (Å²) in [5.74, 6) is 0.762. The highest BCUT2D eigenvalue weighted by atomic mass is 16.5. The van der Waals surface area contributed by atoms with Crippen LogP contribution >= 0.6 is 0 Å². The molecule has 1 N–H and O–H groups in total. The molecule has 0 aromatic rings. The SMILES string of the molecule is C=C(C)COCCN1CC(CC(C)C)NCC1C. The molecule has 1 fully saturated rings. The van der Waals surface area contributed by atoms with Gasteiger partial charge in [-0.2, -0.15) is 0 Å². The summed E-state index contributed by atoms with van der Waals surface area (Å²) in [7, 11) is 0. The molecule has 18 heavy (non-hydrogen) atoms. The minimum absolute atomic E-state index is 0.613. The molecule has 2 atom stereocenters. The van der Waals surface area contributed by atoms with E-state index in [-0.39, 0.29) is 0 Å². The lowest BCUT2D eigenvalue weighted by Gasteiger charge is -2.39. The molecule has 0 amide bonds. The molecule has 3 heteroatoms. The highest BCUT2D eigenvalue weighted by Crippen LogP contribution is 2.12. The van der Waals surface area contributed by atoms with Gasteiger partial charge in [-0.25, -0.2) is 0 Å². The third-order valence-electron chi connectivity index (χ3n) is 3.41. The normalized spacial score (nSPS) is 25.6. The predicted molar refractivity (Wildman–Crippen MR) is 77.9 cm³/mol. The van der Waals surface area contributed by atoms with E-state index >= 15 is 0 Å². The van der Waals surface area contributed by atoms with Gasteiger partial charge in [0.05, 0.1) is 13.2 Å². The van der Waals surface area contributed by atoms with Crippen LogP contribution in [0.5, 0.6) is 0 Å². The lowest BCUT2D eigenvalue weighted by molar-refractivity contribution is 0.0760. The van der Waals surface area contributed by atoms with Gasteiger partial charge < -0.3 is 10.1 Å². The van der Waals surface area contributed by atoms with E-state index in [4.69, 9.17) is 4.74 Å². The topological polar surface area (TPSA) is 24.5 Å². The second kappa shape index (κ2) is 7.93. The molecule has 0 spiro atoms. The van der Waals surface area contributed by atoms with Gasteiger partial charge >= 0.3 is 0 Å². The van der Waals surface area contributed by atoms with Gasteiger partial charge in [-0.05, 0) is 26.2 Å². The fraction of sp³-hybridized carbons (Fsp3) is 0.867. The van der Waals surface area contributed by atoms with Crippen molar-refractivity contribution in [2.75, 3.05) is 32.8 Å². The molecule has 0 saturated carbocycles. The molecule has 2 unspecified atom stereocenters. The van der Waals surface area contributed by atoms with Crippen LogP contribution in [0.2, 0.25) is 0 Å². The largest absolute Gasteiger partial charge is 0.376 e. The molecule has 0 radical (unpaired) electrons. The molecule has 0 aromatic carbocycles. The van der Waals surface area contributed by atoms with Gasteiger partial charge in [0.15, 0.2) is 0 Å². The van der Waals surface area contributed by atoms with Crippen LogP contribution in [0.3, 0.4) is 0 Å². The van der Waals surface area contributed by atoms with Crippen molar-refractivity contribution in [3.8, 4) is 0 Å². The van der Waals surface area contributed by atoms with Crippen molar-refractivity contribution in [2.24, 2.45) is 5.92 Å². The summed E-state index contributed by atoms with van der Waals surface area (Å²) >= 11 is 0. The molecule has 0 aromatic heterocycles. The van der Waals surface area contributed by atoms with E-state index in [9.17, 15) is 0 Å². The van der Waals surface area contributed by atoms with Crippen molar-refractivity contribution < 1.29 is 4.74 Å². The Morgan fingerprint density at radius 2 is 2.22 bits per heavy atom. The number of hydrogen-bond acceptors (Lipinski definition) is 3. The fourth-order valence-electron chi connectivity index (χ4n) is 2.46. The molecule has 1 heterocycles. The minimum Gasteiger partial charge on any atom is -0.376 e. The van der Waals surface area contributed by atoms with E-state index in [0.717, 1.165) is 37.7 Å². The van der Waals surface area contributed by atoms with E-state index in [1.165, 1.54) is 6.42 Å². The zero-order chi connectivity index (χ0) is 13.5. The summed E-state index contributed by atoms with van der Waals surface area (Å²) in [6, 6.07) is 1.25. The molecule has 0 aliphatic carbocycles. The lowest BCUT2D eigenvalue weighted by Crippen LogP contribution is -2.56. The molecule has 3 nitrogen and oxygen atoms in total. The average molecular weight is 254 g/mol. The van der Waals surface area contributed by atoms with Crippen LogP contribution in [0.15, 0.2) is 12.2 Å². The standard InChI is InChI=1S/C15H30N2O/c1-12(2)8-15-10-17(14(5)9-16-15)6-7-18-11-13(3)4/h12,14-16H,3,6-11H2,1-2,4-5H3. The average Bonchev–Trinajstić information content (AvgIpc) is 2.27. The number of rotatable bonds is 7. The number of piperazine rings is 1. The summed E-state index contributed by atoms with van der Waals surface area (Å²) in [5, 5.41) is 3.64. The molecule has 1 aliphatic rings. The third-order valence-corrected chi connectivity index (χ3v) is 3.41. The molecule has 1 aliphatic heterocycles.